The summed E-state index contributed by atoms with van der Waals surface area (Å²) in [4.78, 5) is 27.8. The molecule has 3 rings (SSSR count). The van der Waals surface area contributed by atoms with Gasteiger partial charge in [-0.25, -0.2) is 9.59 Å². The minimum Gasteiger partial charge on any atom is -0.494 e. The minimum absolute atomic E-state index is 0.241. The predicted octanol–water partition coefficient (Wildman–Crippen LogP) is 3.78. The van der Waals surface area contributed by atoms with Crippen molar-refractivity contribution in [3.63, 3.8) is 0 Å². The van der Waals surface area contributed by atoms with Crippen LogP contribution in [0.3, 0.4) is 0 Å². The predicted molar refractivity (Wildman–Crippen MR) is 123 cm³/mol. The molecule has 0 aliphatic carbocycles. The Balaban J connectivity index is 2.01. The number of rotatable bonds is 10. The third-order valence-electron chi connectivity index (χ3n) is 5.26. The third kappa shape index (κ3) is 5.68. The summed E-state index contributed by atoms with van der Waals surface area (Å²) in [5.74, 6) is 0.169. The van der Waals surface area contributed by atoms with Crippen molar-refractivity contribution in [2.45, 2.75) is 33.4 Å². The third-order valence-corrected chi connectivity index (χ3v) is 5.26. The first-order chi connectivity index (χ1) is 15.6. The van der Waals surface area contributed by atoms with Crippen molar-refractivity contribution in [2.75, 3.05) is 26.3 Å². The van der Waals surface area contributed by atoms with Gasteiger partial charge in [0.1, 0.15) is 5.75 Å². The van der Waals surface area contributed by atoms with E-state index in [-0.39, 0.29) is 12.6 Å². The highest BCUT2D eigenvalue weighted by atomic mass is 16.5. The fourth-order valence-electron chi connectivity index (χ4n) is 3.78. The molecular formula is C25H31N3O4. The van der Waals surface area contributed by atoms with Gasteiger partial charge in [-0.3, -0.25) is 4.90 Å². The van der Waals surface area contributed by atoms with Crippen LogP contribution in [0.4, 0.5) is 4.79 Å². The lowest BCUT2D eigenvalue weighted by Gasteiger charge is -2.32. The van der Waals surface area contributed by atoms with Crippen molar-refractivity contribution >= 4 is 12.0 Å². The van der Waals surface area contributed by atoms with Crippen molar-refractivity contribution in [1.82, 2.24) is 15.5 Å². The smallest absolute Gasteiger partial charge is 0.338 e. The number of benzene rings is 2. The van der Waals surface area contributed by atoms with E-state index in [1.54, 1.807) is 6.92 Å². The Bertz CT molecular complexity index is 959. The van der Waals surface area contributed by atoms with Crippen molar-refractivity contribution < 1.29 is 19.1 Å². The maximum atomic E-state index is 13.1. The molecule has 7 heteroatoms. The highest BCUT2D eigenvalue weighted by molar-refractivity contribution is 5.95. The molecule has 0 fully saturated rings. The maximum Gasteiger partial charge on any atom is 0.338 e. The van der Waals surface area contributed by atoms with Crippen molar-refractivity contribution in [3.8, 4) is 5.75 Å². The van der Waals surface area contributed by atoms with Gasteiger partial charge in [0.25, 0.3) is 0 Å². The Labute approximate surface area is 189 Å². The monoisotopic (exact) mass is 437 g/mol. The first-order valence-corrected chi connectivity index (χ1v) is 11.0. The van der Waals surface area contributed by atoms with E-state index in [2.05, 4.69) is 34.6 Å². The van der Waals surface area contributed by atoms with Crippen LogP contribution in [-0.2, 0) is 16.1 Å². The van der Waals surface area contributed by atoms with Gasteiger partial charge in [0.2, 0.25) is 0 Å². The lowest BCUT2D eigenvalue weighted by Crippen LogP contribution is -2.48. The molecule has 0 spiro atoms. The van der Waals surface area contributed by atoms with Gasteiger partial charge in [-0.15, -0.1) is 0 Å². The van der Waals surface area contributed by atoms with Crippen LogP contribution in [0.15, 0.2) is 65.9 Å². The van der Waals surface area contributed by atoms with Crippen molar-refractivity contribution in [3.05, 3.63) is 77.0 Å². The maximum absolute atomic E-state index is 13.1. The number of ether oxygens (including phenoxy) is 2. The van der Waals surface area contributed by atoms with E-state index in [1.165, 1.54) is 0 Å². The highest BCUT2D eigenvalue weighted by Gasteiger charge is 2.35. The van der Waals surface area contributed by atoms with E-state index in [9.17, 15) is 9.59 Å². The molecule has 0 radical (unpaired) electrons. The molecule has 1 heterocycles. The summed E-state index contributed by atoms with van der Waals surface area (Å²) >= 11 is 0. The van der Waals surface area contributed by atoms with Gasteiger partial charge in [-0.05, 0) is 32.0 Å². The number of urea groups is 1. The summed E-state index contributed by atoms with van der Waals surface area (Å²) in [5, 5.41) is 5.74. The standard InChI is InChI=1S/C25H31N3O4/c1-4-28(16-18-12-8-7-9-13-18)17-20-22(24(29)32-6-3)23(27-25(30)26-20)19-14-10-11-15-21(19)31-5-2/h7-15,23H,4-6,16-17H2,1-3H3,(H2,26,27,30). The summed E-state index contributed by atoms with van der Waals surface area (Å²) in [6.45, 7) is 8.28. The van der Waals surface area contributed by atoms with E-state index < -0.39 is 12.0 Å². The van der Waals surface area contributed by atoms with Crippen molar-refractivity contribution in [2.24, 2.45) is 0 Å². The number of nitrogens with zero attached hydrogens (tertiary/aromatic N) is 1. The van der Waals surface area contributed by atoms with Gasteiger partial charge in [-0.1, -0.05) is 55.5 Å². The summed E-state index contributed by atoms with van der Waals surface area (Å²) in [5.41, 5.74) is 2.81. The first-order valence-electron chi connectivity index (χ1n) is 11.0. The molecule has 2 aromatic rings. The fourth-order valence-corrected chi connectivity index (χ4v) is 3.78. The molecule has 7 nitrogen and oxygen atoms in total. The molecule has 1 aliphatic heterocycles. The molecule has 2 aromatic carbocycles. The number of hydrogen-bond donors (Lipinski definition) is 2. The van der Waals surface area contributed by atoms with Gasteiger partial charge in [0.15, 0.2) is 0 Å². The molecular weight excluding hydrogens is 406 g/mol. The summed E-state index contributed by atoms with van der Waals surface area (Å²) in [7, 11) is 0. The molecule has 170 valence electrons. The van der Waals surface area contributed by atoms with Crippen LogP contribution in [0.25, 0.3) is 0 Å². The van der Waals surface area contributed by atoms with Crippen LogP contribution in [0.5, 0.6) is 5.75 Å². The van der Waals surface area contributed by atoms with Gasteiger partial charge in [-0.2, -0.15) is 0 Å². The molecule has 0 aromatic heterocycles. The zero-order valence-corrected chi connectivity index (χ0v) is 18.9. The Hall–Kier alpha value is -3.32. The Morgan fingerprint density at radius 1 is 0.969 bits per heavy atom. The number of hydrogen-bond acceptors (Lipinski definition) is 5. The number of para-hydroxylation sites is 1. The molecule has 1 atom stereocenters. The number of carbonyl (C=O) groups is 2. The van der Waals surface area contributed by atoms with Crippen LogP contribution in [0, 0.1) is 0 Å². The molecule has 1 unspecified atom stereocenters. The molecule has 32 heavy (non-hydrogen) atoms. The zero-order valence-electron chi connectivity index (χ0n) is 18.9. The Morgan fingerprint density at radius 2 is 1.69 bits per heavy atom. The van der Waals surface area contributed by atoms with E-state index in [0.717, 1.165) is 17.7 Å². The van der Waals surface area contributed by atoms with Gasteiger partial charge >= 0.3 is 12.0 Å². The zero-order chi connectivity index (χ0) is 22.9. The summed E-state index contributed by atoms with van der Waals surface area (Å²) in [6.07, 6.45) is 0. The second kappa shape index (κ2) is 11.3. The second-order valence-corrected chi connectivity index (χ2v) is 7.40. The van der Waals surface area contributed by atoms with E-state index in [1.807, 2.05) is 49.4 Å². The van der Waals surface area contributed by atoms with Crippen LogP contribution in [0.2, 0.25) is 0 Å². The Morgan fingerprint density at radius 3 is 2.38 bits per heavy atom. The molecule has 0 saturated carbocycles. The Kier molecular flexibility index (Phi) is 8.27. The minimum atomic E-state index is -0.670. The average Bonchev–Trinajstić information content (AvgIpc) is 2.79. The number of likely N-dealkylation sites (N-methyl/N-ethyl adjacent to an activating group) is 1. The molecule has 2 amide bonds. The average molecular weight is 438 g/mol. The topological polar surface area (TPSA) is 79.9 Å². The highest BCUT2D eigenvalue weighted by Crippen LogP contribution is 2.34. The lowest BCUT2D eigenvalue weighted by molar-refractivity contribution is -0.139. The molecule has 1 aliphatic rings. The molecule has 2 N–H and O–H groups in total. The molecule has 0 bridgehead atoms. The molecule has 0 saturated heterocycles. The van der Waals surface area contributed by atoms with Crippen molar-refractivity contribution in [1.29, 1.82) is 0 Å². The first kappa shape index (κ1) is 23.3. The summed E-state index contributed by atoms with van der Waals surface area (Å²) in [6, 6.07) is 16.5. The SMILES string of the molecule is CCOC(=O)C1=C(CN(CC)Cc2ccccc2)NC(=O)NC1c1ccccc1OCC. The number of carbonyl (C=O) groups excluding carboxylic acids is 2. The lowest BCUT2D eigenvalue weighted by atomic mass is 9.94. The normalized spacial score (nSPS) is 15.9. The van der Waals surface area contributed by atoms with Crippen LogP contribution < -0.4 is 15.4 Å². The van der Waals surface area contributed by atoms with Crippen LogP contribution >= 0.6 is 0 Å². The van der Waals surface area contributed by atoms with Crippen LogP contribution in [0.1, 0.15) is 37.9 Å². The fraction of sp³-hybridized carbons (Fsp3) is 0.360. The van der Waals surface area contributed by atoms with E-state index in [0.29, 0.717) is 36.7 Å². The van der Waals surface area contributed by atoms with E-state index in [4.69, 9.17) is 9.47 Å². The van der Waals surface area contributed by atoms with E-state index >= 15 is 0 Å². The van der Waals surface area contributed by atoms with Gasteiger partial charge in [0.05, 0.1) is 24.8 Å². The quantitative estimate of drug-likeness (QED) is 0.553. The number of amides is 2. The second-order valence-electron chi connectivity index (χ2n) is 7.40. The number of esters is 1. The van der Waals surface area contributed by atoms with Crippen LogP contribution in [-0.4, -0.2) is 43.2 Å². The van der Waals surface area contributed by atoms with Gasteiger partial charge in [0, 0.05) is 24.4 Å². The van der Waals surface area contributed by atoms with Gasteiger partial charge < -0.3 is 20.1 Å². The number of nitrogens with one attached hydrogen (secondary N) is 2. The summed E-state index contributed by atoms with van der Waals surface area (Å²) < 4.78 is 11.2. The largest absolute Gasteiger partial charge is 0.494 e.